The van der Waals surface area contributed by atoms with Crippen molar-refractivity contribution < 1.29 is 13.9 Å². The molecule has 5 nitrogen and oxygen atoms in total. The lowest BCUT2D eigenvalue weighted by Crippen LogP contribution is -2.28. The van der Waals surface area contributed by atoms with Crippen molar-refractivity contribution in [3.8, 4) is 5.75 Å². The number of ether oxygens (including phenoxy) is 1. The van der Waals surface area contributed by atoms with Crippen molar-refractivity contribution in [3.05, 3.63) is 40.2 Å². The maximum absolute atomic E-state index is 12.3. The van der Waals surface area contributed by atoms with Gasteiger partial charge in [0.05, 0.1) is 12.5 Å². The van der Waals surface area contributed by atoms with Gasteiger partial charge in [-0.2, -0.15) is 0 Å². The average Bonchev–Trinajstić information content (AvgIpc) is 2.99. The molecule has 104 valence electrons. The number of fused-ring (bicyclic) bond motifs is 1. The number of carbonyl (C=O) groups excluding carboxylic acids is 1. The van der Waals surface area contributed by atoms with Crippen LogP contribution in [0, 0.1) is 0 Å². The molecule has 0 atom stereocenters. The first-order valence-electron chi connectivity index (χ1n) is 6.60. The normalized spacial score (nSPS) is 14.8. The molecule has 0 aliphatic carbocycles. The summed E-state index contributed by atoms with van der Waals surface area (Å²) in [5, 5.41) is 0.448. The maximum Gasteiger partial charge on any atom is 0.289 e. The third-order valence-corrected chi connectivity index (χ3v) is 3.54. The Bertz CT molecular complexity index is 713. The molecule has 0 saturated carbocycles. The summed E-state index contributed by atoms with van der Waals surface area (Å²) in [5.41, 5.74) is 0.163. The number of carbonyl (C=O) groups is 1. The van der Waals surface area contributed by atoms with Crippen LogP contribution in [0.5, 0.6) is 5.75 Å². The van der Waals surface area contributed by atoms with Crippen LogP contribution in [0.2, 0.25) is 0 Å². The summed E-state index contributed by atoms with van der Waals surface area (Å²) < 4.78 is 10.7. The zero-order chi connectivity index (χ0) is 14.1. The Balaban J connectivity index is 2.07. The van der Waals surface area contributed by atoms with Crippen LogP contribution in [-0.4, -0.2) is 31.0 Å². The Morgan fingerprint density at radius 3 is 2.70 bits per heavy atom. The van der Waals surface area contributed by atoms with Crippen molar-refractivity contribution >= 4 is 16.9 Å². The lowest BCUT2D eigenvalue weighted by Gasteiger charge is -2.14. The lowest BCUT2D eigenvalue weighted by molar-refractivity contribution is 0.0762. The van der Waals surface area contributed by atoms with Crippen molar-refractivity contribution in [1.29, 1.82) is 0 Å². The minimum Gasteiger partial charge on any atom is -0.497 e. The van der Waals surface area contributed by atoms with Gasteiger partial charge in [-0.1, -0.05) is 0 Å². The maximum atomic E-state index is 12.3. The van der Waals surface area contributed by atoms with E-state index in [1.807, 2.05) is 0 Å². The van der Waals surface area contributed by atoms with Gasteiger partial charge in [0.15, 0.2) is 11.2 Å². The van der Waals surface area contributed by atoms with E-state index in [4.69, 9.17) is 9.15 Å². The molecule has 20 heavy (non-hydrogen) atoms. The lowest BCUT2D eigenvalue weighted by atomic mass is 10.2. The van der Waals surface area contributed by atoms with Crippen LogP contribution >= 0.6 is 0 Å². The van der Waals surface area contributed by atoms with Gasteiger partial charge in [0.25, 0.3) is 5.91 Å². The van der Waals surface area contributed by atoms with E-state index in [1.54, 1.807) is 30.2 Å². The summed E-state index contributed by atoms with van der Waals surface area (Å²) in [7, 11) is 1.54. The molecular weight excluding hydrogens is 258 g/mol. The summed E-state index contributed by atoms with van der Waals surface area (Å²) in [6, 6.07) is 6.23. The third-order valence-electron chi connectivity index (χ3n) is 3.54. The topological polar surface area (TPSA) is 59.8 Å². The van der Waals surface area contributed by atoms with Gasteiger partial charge in [0.2, 0.25) is 0 Å². The first-order chi connectivity index (χ1) is 9.69. The highest BCUT2D eigenvalue weighted by Gasteiger charge is 2.22. The van der Waals surface area contributed by atoms with Crippen LogP contribution in [0.3, 0.4) is 0 Å². The van der Waals surface area contributed by atoms with E-state index in [1.165, 1.54) is 6.07 Å². The number of benzene rings is 1. The molecule has 1 aliphatic rings. The molecule has 1 aromatic carbocycles. The Morgan fingerprint density at radius 2 is 2.00 bits per heavy atom. The fourth-order valence-electron chi connectivity index (χ4n) is 2.44. The molecule has 2 aromatic rings. The molecule has 1 fully saturated rings. The van der Waals surface area contributed by atoms with Gasteiger partial charge in [0, 0.05) is 25.2 Å². The summed E-state index contributed by atoms with van der Waals surface area (Å²) >= 11 is 0. The van der Waals surface area contributed by atoms with Gasteiger partial charge in [-0.05, 0) is 25.0 Å². The van der Waals surface area contributed by atoms with E-state index in [2.05, 4.69) is 0 Å². The van der Waals surface area contributed by atoms with Crippen molar-refractivity contribution in [3.63, 3.8) is 0 Å². The largest absolute Gasteiger partial charge is 0.497 e. The minimum absolute atomic E-state index is 0.0950. The molecule has 0 N–H and O–H groups in total. The second-order valence-electron chi connectivity index (χ2n) is 4.84. The first kappa shape index (κ1) is 12.7. The number of hydrogen-bond donors (Lipinski definition) is 0. The summed E-state index contributed by atoms with van der Waals surface area (Å²) in [4.78, 5) is 26.0. The summed E-state index contributed by atoms with van der Waals surface area (Å²) in [6.07, 6.45) is 1.99. The first-order valence-corrected chi connectivity index (χ1v) is 6.60. The molecule has 2 heterocycles. The zero-order valence-electron chi connectivity index (χ0n) is 11.2. The van der Waals surface area contributed by atoms with Crippen LogP contribution < -0.4 is 10.2 Å². The molecule has 0 bridgehead atoms. The van der Waals surface area contributed by atoms with Gasteiger partial charge < -0.3 is 14.1 Å². The Kier molecular flexibility index (Phi) is 3.18. The number of likely N-dealkylation sites (tertiary alicyclic amines) is 1. The van der Waals surface area contributed by atoms with Crippen molar-refractivity contribution in [1.82, 2.24) is 4.90 Å². The van der Waals surface area contributed by atoms with Gasteiger partial charge in [-0.25, -0.2) is 0 Å². The van der Waals surface area contributed by atoms with E-state index in [9.17, 15) is 9.59 Å². The van der Waals surface area contributed by atoms with E-state index in [0.717, 1.165) is 25.9 Å². The fourth-order valence-corrected chi connectivity index (χ4v) is 2.44. The minimum atomic E-state index is -0.218. The fraction of sp³-hybridized carbons (Fsp3) is 0.333. The highest BCUT2D eigenvalue weighted by Crippen LogP contribution is 2.20. The number of methoxy groups -OCH3 is 1. The molecule has 0 unspecified atom stereocenters. The van der Waals surface area contributed by atoms with Crippen molar-refractivity contribution in [2.75, 3.05) is 20.2 Å². The number of rotatable bonds is 2. The molecule has 0 spiro atoms. The smallest absolute Gasteiger partial charge is 0.289 e. The van der Waals surface area contributed by atoms with Crippen LogP contribution in [0.4, 0.5) is 0 Å². The van der Waals surface area contributed by atoms with Crippen LogP contribution in [0.15, 0.2) is 33.5 Å². The van der Waals surface area contributed by atoms with Gasteiger partial charge in [-0.15, -0.1) is 0 Å². The second-order valence-corrected chi connectivity index (χ2v) is 4.84. The summed E-state index contributed by atoms with van der Waals surface area (Å²) in [5.74, 6) is 0.466. The standard InChI is InChI=1S/C15H15NO4/c1-19-10-4-5-11-12(17)9-14(20-13(11)8-10)15(18)16-6-2-3-7-16/h4-5,8-9H,2-3,6-7H2,1H3. The molecule has 0 radical (unpaired) electrons. The number of hydrogen-bond acceptors (Lipinski definition) is 4. The highest BCUT2D eigenvalue weighted by molar-refractivity contribution is 5.93. The van der Waals surface area contributed by atoms with Crippen LogP contribution in [0.1, 0.15) is 23.4 Å². The van der Waals surface area contributed by atoms with E-state index in [0.29, 0.717) is 16.7 Å². The van der Waals surface area contributed by atoms with Gasteiger partial charge >= 0.3 is 0 Å². The number of nitrogens with zero attached hydrogens (tertiary/aromatic N) is 1. The molecule has 3 rings (SSSR count). The molecule has 1 saturated heterocycles. The average molecular weight is 273 g/mol. The zero-order valence-corrected chi connectivity index (χ0v) is 11.2. The van der Waals surface area contributed by atoms with E-state index < -0.39 is 0 Å². The summed E-state index contributed by atoms with van der Waals surface area (Å²) in [6.45, 7) is 1.44. The Labute approximate surface area is 115 Å². The van der Waals surface area contributed by atoms with E-state index >= 15 is 0 Å². The molecular formula is C15H15NO4. The van der Waals surface area contributed by atoms with Gasteiger partial charge in [-0.3, -0.25) is 9.59 Å². The number of amides is 1. The predicted molar refractivity (Wildman–Crippen MR) is 74.2 cm³/mol. The Morgan fingerprint density at radius 1 is 1.25 bits per heavy atom. The second kappa shape index (κ2) is 5.00. The molecule has 1 aliphatic heterocycles. The SMILES string of the molecule is COc1ccc2c(=O)cc(C(=O)N3CCCC3)oc2c1. The molecule has 1 aromatic heterocycles. The third kappa shape index (κ3) is 2.15. The van der Waals surface area contributed by atoms with Crippen molar-refractivity contribution in [2.45, 2.75) is 12.8 Å². The van der Waals surface area contributed by atoms with Gasteiger partial charge in [0.1, 0.15) is 11.3 Å². The monoisotopic (exact) mass is 273 g/mol. The van der Waals surface area contributed by atoms with Crippen LogP contribution in [-0.2, 0) is 0 Å². The highest BCUT2D eigenvalue weighted by atomic mass is 16.5. The Hall–Kier alpha value is -2.30. The molecule has 1 amide bonds. The predicted octanol–water partition coefficient (Wildman–Crippen LogP) is 2.04. The van der Waals surface area contributed by atoms with E-state index in [-0.39, 0.29) is 17.1 Å². The van der Waals surface area contributed by atoms with Crippen LogP contribution in [0.25, 0.3) is 11.0 Å². The quantitative estimate of drug-likeness (QED) is 0.840. The van der Waals surface area contributed by atoms with Crippen molar-refractivity contribution in [2.24, 2.45) is 0 Å². The molecule has 5 heteroatoms.